The van der Waals surface area contributed by atoms with E-state index < -0.39 is 0 Å². The number of carbonyl (C=O) groups is 1. The summed E-state index contributed by atoms with van der Waals surface area (Å²) >= 11 is 1.84. The molecule has 0 spiro atoms. The van der Waals surface area contributed by atoms with Gasteiger partial charge in [-0.15, -0.1) is 0 Å². The molecule has 1 aromatic heterocycles. The molecule has 1 amide bonds. The van der Waals surface area contributed by atoms with Crippen molar-refractivity contribution in [1.82, 2.24) is 15.1 Å². The van der Waals surface area contributed by atoms with Gasteiger partial charge in [-0.1, -0.05) is 6.42 Å². The Balaban J connectivity index is 1.96. The minimum absolute atomic E-state index is 0.0246. The maximum atomic E-state index is 12.1. The van der Waals surface area contributed by atoms with E-state index in [1.807, 2.05) is 25.6 Å². The molecule has 2 rings (SSSR count). The zero-order chi connectivity index (χ0) is 14.0. The number of rotatable bonds is 4. The van der Waals surface area contributed by atoms with E-state index >= 15 is 0 Å². The Kier molecular flexibility index (Phi) is 4.39. The molecule has 1 aromatic rings. The minimum Gasteiger partial charge on any atom is -0.396 e. The Bertz CT molecular complexity index is 471. The SMILES string of the molecule is CSC1CCCC1NC(=O)Cn1nc(C)c(N)c1C. The van der Waals surface area contributed by atoms with Gasteiger partial charge in [-0.25, -0.2) is 0 Å². The number of nitrogens with two attached hydrogens (primary N) is 1. The van der Waals surface area contributed by atoms with Gasteiger partial charge < -0.3 is 11.1 Å². The largest absolute Gasteiger partial charge is 0.396 e. The summed E-state index contributed by atoms with van der Waals surface area (Å²) in [5.41, 5.74) is 8.19. The van der Waals surface area contributed by atoms with Crippen LogP contribution in [0.15, 0.2) is 0 Å². The van der Waals surface area contributed by atoms with Crippen LogP contribution in [0.5, 0.6) is 0 Å². The van der Waals surface area contributed by atoms with E-state index in [0.717, 1.165) is 17.8 Å². The number of thioether (sulfide) groups is 1. The molecule has 0 saturated heterocycles. The van der Waals surface area contributed by atoms with Gasteiger partial charge in [0.25, 0.3) is 0 Å². The van der Waals surface area contributed by atoms with E-state index in [1.165, 1.54) is 12.8 Å². The Morgan fingerprint density at radius 2 is 2.26 bits per heavy atom. The van der Waals surface area contributed by atoms with Crippen LogP contribution in [0.1, 0.15) is 30.7 Å². The first-order chi connectivity index (χ1) is 9.02. The van der Waals surface area contributed by atoms with Crippen molar-refractivity contribution in [2.75, 3.05) is 12.0 Å². The first kappa shape index (κ1) is 14.2. The molecule has 6 heteroatoms. The van der Waals surface area contributed by atoms with Gasteiger partial charge in [-0.3, -0.25) is 9.48 Å². The van der Waals surface area contributed by atoms with Crippen LogP contribution in [0.2, 0.25) is 0 Å². The highest BCUT2D eigenvalue weighted by atomic mass is 32.2. The number of hydrogen-bond acceptors (Lipinski definition) is 4. The summed E-state index contributed by atoms with van der Waals surface area (Å²) in [5.74, 6) is 0.0246. The predicted molar refractivity (Wildman–Crippen MR) is 79.2 cm³/mol. The first-order valence-corrected chi connectivity index (χ1v) is 7.93. The number of nitrogens with zero attached hydrogens (tertiary/aromatic N) is 2. The second-order valence-electron chi connectivity index (χ2n) is 5.12. The molecule has 106 valence electrons. The summed E-state index contributed by atoms with van der Waals surface area (Å²) in [6.07, 6.45) is 5.58. The van der Waals surface area contributed by atoms with E-state index in [0.29, 0.717) is 17.0 Å². The molecule has 3 N–H and O–H groups in total. The minimum atomic E-state index is 0.0246. The number of nitrogen functional groups attached to an aromatic ring is 1. The molecular weight excluding hydrogens is 260 g/mol. The van der Waals surface area contributed by atoms with Gasteiger partial charge in [0.15, 0.2) is 0 Å². The number of aryl methyl sites for hydroxylation is 1. The molecule has 19 heavy (non-hydrogen) atoms. The lowest BCUT2D eigenvalue weighted by Gasteiger charge is -2.19. The van der Waals surface area contributed by atoms with Crippen LogP contribution < -0.4 is 11.1 Å². The van der Waals surface area contributed by atoms with Gasteiger partial charge in [0.05, 0.1) is 17.1 Å². The maximum absolute atomic E-state index is 12.1. The normalized spacial score (nSPS) is 22.7. The summed E-state index contributed by atoms with van der Waals surface area (Å²) in [6, 6.07) is 0.303. The van der Waals surface area contributed by atoms with Gasteiger partial charge in [-0.2, -0.15) is 16.9 Å². The number of aromatic nitrogens is 2. The highest BCUT2D eigenvalue weighted by molar-refractivity contribution is 7.99. The standard InChI is InChI=1S/C13H22N4OS/c1-8-13(14)9(2)17(16-8)7-12(18)15-10-5-4-6-11(10)19-3/h10-11H,4-7,14H2,1-3H3,(H,15,18). The van der Waals surface area contributed by atoms with E-state index in [4.69, 9.17) is 5.73 Å². The van der Waals surface area contributed by atoms with E-state index in [2.05, 4.69) is 16.7 Å². The van der Waals surface area contributed by atoms with Crippen molar-refractivity contribution in [3.8, 4) is 0 Å². The van der Waals surface area contributed by atoms with E-state index in [-0.39, 0.29) is 12.5 Å². The van der Waals surface area contributed by atoms with Crippen molar-refractivity contribution >= 4 is 23.4 Å². The Hall–Kier alpha value is -1.17. The van der Waals surface area contributed by atoms with Gasteiger partial charge >= 0.3 is 0 Å². The molecule has 5 nitrogen and oxygen atoms in total. The Morgan fingerprint density at radius 1 is 1.53 bits per heavy atom. The number of anilines is 1. The highest BCUT2D eigenvalue weighted by Gasteiger charge is 2.27. The van der Waals surface area contributed by atoms with Crippen LogP contribution in [0, 0.1) is 13.8 Å². The topological polar surface area (TPSA) is 72.9 Å². The molecule has 2 unspecified atom stereocenters. The second-order valence-corrected chi connectivity index (χ2v) is 6.20. The predicted octanol–water partition coefficient (Wildman–Crippen LogP) is 1.48. The number of nitrogens with one attached hydrogen (secondary N) is 1. The summed E-state index contributed by atoms with van der Waals surface area (Å²) in [6.45, 7) is 4.00. The lowest BCUT2D eigenvalue weighted by Crippen LogP contribution is -2.40. The number of hydrogen-bond donors (Lipinski definition) is 2. The smallest absolute Gasteiger partial charge is 0.241 e. The van der Waals surface area contributed by atoms with Crippen LogP contribution in [0.25, 0.3) is 0 Å². The molecule has 1 aliphatic carbocycles. The fourth-order valence-corrected chi connectivity index (χ4v) is 3.56. The molecule has 2 atom stereocenters. The average molecular weight is 282 g/mol. The molecule has 1 saturated carbocycles. The van der Waals surface area contributed by atoms with Gasteiger partial charge in [0, 0.05) is 11.3 Å². The zero-order valence-corrected chi connectivity index (χ0v) is 12.6. The van der Waals surface area contributed by atoms with E-state index in [1.54, 1.807) is 4.68 Å². The van der Waals surface area contributed by atoms with Crippen LogP contribution in [0.3, 0.4) is 0 Å². The number of amides is 1. The van der Waals surface area contributed by atoms with Crippen LogP contribution in [0.4, 0.5) is 5.69 Å². The first-order valence-electron chi connectivity index (χ1n) is 6.64. The van der Waals surface area contributed by atoms with Gasteiger partial charge in [0.1, 0.15) is 6.54 Å². The highest BCUT2D eigenvalue weighted by Crippen LogP contribution is 2.28. The maximum Gasteiger partial charge on any atom is 0.241 e. The fraction of sp³-hybridized carbons (Fsp3) is 0.692. The summed E-state index contributed by atoms with van der Waals surface area (Å²) < 4.78 is 1.68. The van der Waals surface area contributed by atoms with Crippen LogP contribution in [-0.4, -0.2) is 33.2 Å². The van der Waals surface area contributed by atoms with Crippen LogP contribution in [-0.2, 0) is 11.3 Å². The van der Waals surface area contributed by atoms with Crippen molar-refractivity contribution in [2.24, 2.45) is 0 Å². The van der Waals surface area contributed by atoms with Crippen molar-refractivity contribution in [2.45, 2.75) is 50.9 Å². The molecule has 1 heterocycles. The summed E-state index contributed by atoms with van der Waals surface area (Å²) in [5, 5.41) is 7.96. The number of carbonyl (C=O) groups excluding carboxylic acids is 1. The molecule has 0 radical (unpaired) electrons. The third-order valence-corrected chi connectivity index (χ3v) is 5.00. The van der Waals surface area contributed by atoms with Gasteiger partial charge in [-0.05, 0) is 32.9 Å². The fourth-order valence-electron chi connectivity index (χ4n) is 2.63. The quantitative estimate of drug-likeness (QED) is 0.877. The van der Waals surface area contributed by atoms with Gasteiger partial charge in [0.2, 0.25) is 5.91 Å². The Morgan fingerprint density at radius 3 is 2.84 bits per heavy atom. The average Bonchev–Trinajstić information content (AvgIpc) is 2.91. The summed E-state index contributed by atoms with van der Waals surface area (Å²) in [7, 11) is 0. The molecule has 0 aliphatic heterocycles. The van der Waals surface area contributed by atoms with Crippen molar-refractivity contribution in [1.29, 1.82) is 0 Å². The van der Waals surface area contributed by atoms with Crippen molar-refractivity contribution in [3.05, 3.63) is 11.4 Å². The van der Waals surface area contributed by atoms with Crippen molar-refractivity contribution in [3.63, 3.8) is 0 Å². The zero-order valence-electron chi connectivity index (χ0n) is 11.8. The molecular formula is C13H22N4OS. The van der Waals surface area contributed by atoms with Crippen molar-refractivity contribution < 1.29 is 4.79 Å². The molecule has 1 aliphatic rings. The van der Waals surface area contributed by atoms with Crippen LogP contribution >= 0.6 is 11.8 Å². The third kappa shape index (κ3) is 3.05. The second kappa shape index (κ2) is 5.86. The molecule has 0 aromatic carbocycles. The monoisotopic (exact) mass is 282 g/mol. The summed E-state index contributed by atoms with van der Waals surface area (Å²) in [4.78, 5) is 12.1. The lowest BCUT2D eigenvalue weighted by molar-refractivity contribution is -0.122. The lowest BCUT2D eigenvalue weighted by atomic mass is 10.2. The third-order valence-electron chi connectivity index (χ3n) is 3.83. The molecule has 0 bridgehead atoms. The Labute approximate surface area is 118 Å². The molecule has 1 fully saturated rings. The van der Waals surface area contributed by atoms with E-state index in [9.17, 15) is 4.79 Å².